The van der Waals surface area contributed by atoms with Gasteiger partial charge in [0.25, 0.3) is 0 Å². The van der Waals surface area contributed by atoms with Gasteiger partial charge in [-0.05, 0) is 52.1 Å². The third-order valence-corrected chi connectivity index (χ3v) is 3.42. The summed E-state index contributed by atoms with van der Waals surface area (Å²) < 4.78 is 0. The van der Waals surface area contributed by atoms with Crippen molar-refractivity contribution in [1.29, 1.82) is 0 Å². The van der Waals surface area contributed by atoms with Gasteiger partial charge in [-0.15, -0.1) is 0 Å². The highest BCUT2D eigenvalue weighted by Gasteiger charge is 2.31. The van der Waals surface area contributed by atoms with Crippen LogP contribution in [0.5, 0.6) is 0 Å². The average Bonchev–Trinajstić information content (AvgIpc) is 2.14. The topological polar surface area (TPSA) is 52.6 Å². The van der Waals surface area contributed by atoms with Gasteiger partial charge in [0.1, 0.15) is 0 Å². The van der Waals surface area contributed by atoms with Crippen LogP contribution in [0.3, 0.4) is 0 Å². The number of nitrogens with zero attached hydrogens (tertiary/aromatic N) is 1. The van der Waals surface area contributed by atoms with E-state index in [-0.39, 0.29) is 5.54 Å². The third-order valence-electron chi connectivity index (χ3n) is 3.42. The Hall–Kier alpha value is -0.770. The van der Waals surface area contributed by atoms with E-state index in [2.05, 4.69) is 12.2 Å². The molecule has 0 radical (unpaired) electrons. The fourth-order valence-corrected chi connectivity index (χ4v) is 2.21. The van der Waals surface area contributed by atoms with Crippen molar-refractivity contribution in [2.75, 3.05) is 19.6 Å². The highest BCUT2D eigenvalue weighted by atomic mass is 16.4. The van der Waals surface area contributed by atoms with Gasteiger partial charge in [-0.1, -0.05) is 6.92 Å². The number of rotatable bonds is 2. The van der Waals surface area contributed by atoms with Gasteiger partial charge in [-0.25, -0.2) is 4.79 Å². The molecule has 0 saturated carbocycles. The van der Waals surface area contributed by atoms with Gasteiger partial charge >= 0.3 is 6.09 Å². The second-order valence-corrected chi connectivity index (χ2v) is 5.79. The van der Waals surface area contributed by atoms with Crippen molar-refractivity contribution in [3.63, 3.8) is 0 Å². The molecule has 0 aromatic carbocycles. The summed E-state index contributed by atoms with van der Waals surface area (Å²) in [6.07, 6.45) is 0.263. The molecular formula is C12H24N2O2. The molecule has 0 aromatic rings. The monoisotopic (exact) mass is 228 g/mol. The largest absolute Gasteiger partial charge is 0.465 e. The highest BCUT2D eigenvalue weighted by Crippen LogP contribution is 2.23. The number of nitrogens with one attached hydrogen (secondary N) is 1. The van der Waals surface area contributed by atoms with E-state index in [0.29, 0.717) is 18.4 Å². The van der Waals surface area contributed by atoms with E-state index >= 15 is 0 Å². The maximum atomic E-state index is 11.2. The summed E-state index contributed by atoms with van der Waals surface area (Å²) in [6.45, 7) is 10.7. The summed E-state index contributed by atoms with van der Waals surface area (Å²) in [5.41, 5.74) is -0.309. The Kier molecular flexibility index (Phi) is 4.19. The summed E-state index contributed by atoms with van der Waals surface area (Å²) in [4.78, 5) is 12.8. The molecule has 0 aliphatic carbocycles. The van der Waals surface area contributed by atoms with Crippen molar-refractivity contribution in [3.8, 4) is 0 Å². The summed E-state index contributed by atoms with van der Waals surface area (Å²) in [6, 6.07) is 0. The molecule has 94 valence electrons. The molecule has 2 atom stereocenters. The minimum Gasteiger partial charge on any atom is -0.465 e. The van der Waals surface area contributed by atoms with Crippen LogP contribution < -0.4 is 5.32 Å². The third kappa shape index (κ3) is 3.37. The van der Waals surface area contributed by atoms with Crippen LogP contribution in [0.4, 0.5) is 4.79 Å². The maximum Gasteiger partial charge on any atom is 0.407 e. The van der Waals surface area contributed by atoms with Crippen molar-refractivity contribution in [3.05, 3.63) is 0 Å². The van der Waals surface area contributed by atoms with E-state index in [9.17, 15) is 9.90 Å². The first-order valence-corrected chi connectivity index (χ1v) is 6.03. The smallest absolute Gasteiger partial charge is 0.407 e. The number of amides is 1. The van der Waals surface area contributed by atoms with Crippen LogP contribution in [-0.4, -0.2) is 41.3 Å². The lowest BCUT2D eigenvalue weighted by Crippen LogP contribution is -2.50. The van der Waals surface area contributed by atoms with Gasteiger partial charge in [-0.3, -0.25) is 0 Å². The van der Waals surface area contributed by atoms with E-state index in [1.807, 2.05) is 20.8 Å². The Morgan fingerprint density at radius 1 is 1.50 bits per heavy atom. The fraction of sp³-hybridized carbons (Fsp3) is 0.917. The molecule has 1 fully saturated rings. The predicted octanol–water partition coefficient (Wildman–Crippen LogP) is 2.01. The molecule has 1 amide bonds. The zero-order valence-corrected chi connectivity index (χ0v) is 10.8. The van der Waals surface area contributed by atoms with Crippen LogP contribution in [0.25, 0.3) is 0 Å². The molecule has 1 rings (SSSR count). The summed E-state index contributed by atoms with van der Waals surface area (Å²) in [5.74, 6) is 1.04. The van der Waals surface area contributed by atoms with E-state index in [0.717, 1.165) is 19.5 Å². The van der Waals surface area contributed by atoms with Gasteiger partial charge in [0.05, 0.1) is 0 Å². The van der Waals surface area contributed by atoms with E-state index in [1.165, 1.54) is 0 Å². The zero-order chi connectivity index (χ0) is 12.3. The van der Waals surface area contributed by atoms with Gasteiger partial charge in [0.15, 0.2) is 0 Å². The summed E-state index contributed by atoms with van der Waals surface area (Å²) >= 11 is 0. The van der Waals surface area contributed by atoms with Crippen molar-refractivity contribution < 1.29 is 9.90 Å². The van der Waals surface area contributed by atoms with E-state index in [1.54, 1.807) is 4.90 Å². The summed E-state index contributed by atoms with van der Waals surface area (Å²) in [5, 5.41) is 12.6. The Bertz CT molecular complexity index is 248. The van der Waals surface area contributed by atoms with E-state index in [4.69, 9.17) is 0 Å². The minimum absolute atomic E-state index is 0.309. The van der Waals surface area contributed by atoms with Gasteiger partial charge < -0.3 is 15.3 Å². The van der Waals surface area contributed by atoms with Crippen LogP contribution in [-0.2, 0) is 0 Å². The first-order valence-electron chi connectivity index (χ1n) is 6.03. The average molecular weight is 228 g/mol. The fourth-order valence-electron chi connectivity index (χ4n) is 2.21. The van der Waals surface area contributed by atoms with Gasteiger partial charge in [0, 0.05) is 12.1 Å². The molecule has 1 aliphatic rings. The number of carbonyl (C=O) groups is 1. The van der Waals surface area contributed by atoms with Crippen LogP contribution in [0.15, 0.2) is 0 Å². The van der Waals surface area contributed by atoms with Crippen molar-refractivity contribution in [2.24, 2.45) is 11.8 Å². The zero-order valence-electron chi connectivity index (χ0n) is 10.8. The quantitative estimate of drug-likeness (QED) is 0.760. The van der Waals surface area contributed by atoms with Crippen molar-refractivity contribution in [2.45, 2.75) is 39.7 Å². The van der Waals surface area contributed by atoms with Gasteiger partial charge in [-0.2, -0.15) is 0 Å². The maximum absolute atomic E-state index is 11.2. The van der Waals surface area contributed by atoms with Crippen LogP contribution >= 0.6 is 0 Å². The Labute approximate surface area is 98.0 Å². The Balaban J connectivity index is 2.64. The minimum atomic E-state index is -0.807. The molecule has 1 heterocycles. The van der Waals surface area contributed by atoms with Crippen molar-refractivity contribution >= 4 is 6.09 Å². The second-order valence-electron chi connectivity index (χ2n) is 5.79. The number of hydrogen-bond acceptors (Lipinski definition) is 2. The first-order chi connectivity index (χ1) is 7.32. The standard InChI is InChI=1S/C12H24N2O2/c1-9-7-13-6-5-10(9)8-14(11(15)16)12(2,3)4/h9-10,13H,5-8H2,1-4H3,(H,15,16). The molecule has 4 nitrogen and oxygen atoms in total. The lowest BCUT2D eigenvalue weighted by Gasteiger charge is -2.39. The molecule has 0 spiro atoms. The first kappa shape index (κ1) is 13.3. The van der Waals surface area contributed by atoms with Crippen molar-refractivity contribution in [1.82, 2.24) is 10.2 Å². The second kappa shape index (κ2) is 5.04. The Morgan fingerprint density at radius 2 is 2.12 bits per heavy atom. The molecule has 1 saturated heterocycles. The van der Waals surface area contributed by atoms with Crippen LogP contribution in [0.2, 0.25) is 0 Å². The number of piperidine rings is 1. The Morgan fingerprint density at radius 3 is 2.56 bits per heavy atom. The number of hydrogen-bond donors (Lipinski definition) is 2. The van der Waals surface area contributed by atoms with E-state index < -0.39 is 6.09 Å². The van der Waals surface area contributed by atoms with Crippen LogP contribution in [0.1, 0.15) is 34.1 Å². The summed E-state index contributed by atoms with van der Waals surface area (Å²) in [7, 11) is 0. The SMILES string of the molecule is CC1CNCCC1CN(C(=O)O)C(C)(C)C. The lowest BCUT2D eigenvalue weighted by atomic mass is 9.86. The normalized spacial score (nSPS) is 26.5. The molecule has 0 bridgehead atoms. The lowest BCUT2D eigenvalue weighted by molar-refractivity contribution is 0.0751. The van der Waals surface area contributed by atoms with Gasteiger partial charge in [0.2, 0.25) is 0 Å². The predicted molar refractivity (Wildman–Crippen MR) is 64.6 cm³/mol. The molecular weight excluding hydrogens is 204 g/mol. The number of carboxylic acid groups (broad SMARTS) is 1. The molecule has 2 N–H and O–H groups in total. The molecule has 0 aromatic heterocycles. The molecule has 1 aliphatic heterocycles. The molecule has 16 heavy (non-hydrogen) atoms. The van der Waals surface area contributed by atoms with Crippen LogP contribution in [0, 0.1) is 11.8 Å². The highest BCUT2D eigenvalue weighted by molar-refractivity contribution is 5.66. The molecule has 2 unspecified atom stereocenters. The molecule has 4 heteroatoms.